The highest BCUT2D eigenvalue weighted by molar-refractivity contribution is 7.92. The summed E-state index contributed by atoms with van der Waals surface area (Å²) < 4.78 is 47.3. The molecule has 11 heteroatoms. The van der Waals surface area contributed by atoms with Crippen LogP contribution in [0.3, 0.4) is 0 Å². The average molecular weight is 573 g/mol. The van der Waals surface area contributed by atoms with Crippen molar-refractivity contribution in [3.8, 4) is 11.6 Å². The fourth-order valence-electron chi connectivity index (χ4n) is 4.69. The van der Waals surface area contributed by atoms with Gasteiger partial charge in [0.05, 0.1) is 22.9 Å². The third-order valence-electron chi connectivity index (χ3n) is 6.47. The predicted octanol–water partition coefficient (Wildman–Crippen LogP) is 5.11. The minimum Gasteiger partial charge on any atom is -0.505 e. The van der Waals surface area contributed by atoms with Gasteiger partial charge in [0.25, 0.3) is 7.29 Å². The van der Waals surface area contributed by atoms with Crippen LogP contribution < -0.4 is 20.6 Å². The molecule has 2 aromatic carbocycles. The summed E-state index contributed by atoms with van der Waals surface area (Å²) in [7, 11) is -7.31. The Bertz CT molecular complexity index is 1600. The van der Waals surface area contributed by atoms with Crippen molar-refractivity contribution < 1.29 is 23.2 Å². The molecule has 0 fully saturated rings. The second-order valence-electron chi connectivity index (χ2n) is 12.2. The van der Waals surface area contributed by atoms with Crippen molar-refractivity contribution in [1.82, 2.24) is 4.57 Å². The smallest absolute Gasteiger partial charge is 0.251 e. The highest BCUT2D eigenvalue weighted by Gasteiger charge is 2.39. The summed E-state index contributed by atoms with van der Waals surface area (Å²) in [4.78, 5) is 0. The van der Waals surface area contributed by atoms with E-state index in [1.54, 1.807) is 47.0 Å². The van der Waals surface area contributed by atoms with Crippen LogP contribution in [0, 0.1) is 5.41 Å². The molecule has 4 N–H and O–H groups in total. The maximum atomic E-state index is 14.8. The Labute approximate surface area is 230 Å². The van der Waals surface area contributed by atoms with E-state index < -0.39 is 22.7 Å². The number of aromatic nitrogens is 1. The van der Waals surface area contributed by atoms with E-state index in [1.165, 1.54) is 6.07 Å². The zero-order valence-corrected chi connectivity index (χ0v) is 25.1. The molecular weight excluding hydrogens is 535 g/mol. The molecule has 0 radical (unpaired) electrons. The lowest BCUT2D eigenvalue weighted by Gasteiger charge is -2.26. The van der Waals surface area contributed by atoms with E-state index in [2.05, 4.69) is 35.6 Å². The Kier molecular flexibility index (Phi) is 7.19. The molecule has 1 unspecified atom stereocenters. The van der Waals surface area contributed by atoms with Gasteiger partial charge < -0.3 is 20.1 Å². The Morgan fingerprint density at radius 2 is 1.67 bits per heavy atom. The zero-order chi connectivity index (χ0) is 29.0. The number of nitrogens with one attached hydrogen (secondary N) is 2. The van der Waals surface area contributed by atoms with Crippen LogP contribution in [0.4, 0.5) is 11.4 Å². The minimum atomic E-state index is -3.74. The first-order valence-corrected chi connectivity index (χ1v) is 16.3. The van der Waals surface area contributed by atoms with E-state index in [0.717, 1.165) is 12.7 Å². The topological polar surface area (TPSA) is 133 Å². The first-order valence-electron chi connectivity index (χ1n) is 12.7. The van der Waals surface area contributed by atoms with Gasteiger partial charge in [-0.2, -0.15) is 4.76 Å². The lowest BCUT2D eigenvalue weighted by Crippen LogP contribution is -2.29. The number of sulfonamides is 1. The van der Waals surface area contributed by atoms with Crippen LogP contribution in [0.25, 0.3) is 0 Å². The van der Waals surface area contributed by atoms with Crippen LogP contribution in [0.15, 0.2) is 53.3 Å². The van der Waals surface area contributed by atoms with Crippen LogP contribution in [0.5, 0.6) is 11.6 Å². The van der Waals surface area contributed by atoms with E-state index >= 15 is 0 Å². The van der Waals surface area contributed by atoms with Crippen molar-refractivity contribution in [3.05, 3.63) is 59.8 Å². The quantitative estimate of drug-likeness (QED) is 0.304. The second kappa shape index (κ2) is 9.75. The number of hydrogen-bond donors (Lipinski definition) is 4. The molecule has 0 bridgehead atoms. The Balaban J connectivity index is 1.95. The summed E-state index contributed by atoms with van der Waals surface area (Å²) in [5, 5.41) is 26.9. The molecule has 4 rings (SSSR count). The number of anilines is 2. The van der Waals surface area contributed by atoms with Crippen LogP contribution in [0.2, 0.25) is 0 Å². The third-order valence-corrected chi connectivity index (χ3v) is 9.58. The van der Waals surface area contributed by atoms with Crippen molar-refractivity contribution in [2.24, 2.45) is 10.2 Å². The molecule has 9 nitrogen and oxygen atoms in total. The van der Waals surface area contributed by atoms with Crippen LogP contribution in [0.1, 0.15) is 59.2 Å². The maximum Gasteiger partial charge on any atom is 0.251 e. The molecular formula is C28H37N4O5PS. The van der Waals surface area contributed by atoms with Crippen molar-refractivity contribution in [1.29, 1.82) is 0 Å². The normalized spacial score (nSPS) is 17.8. The number of benzene rings is 2. The summed E-state index contributed by atoms with van der Waals surface area (Å²) in [5.41, 5.74) is 0.791. The lowest BCUT2D eigenvalue weighted by atomic mass is 9.89. The van der Waals surface area contributed by atoms with Crippen molar-refractivity contribution in [2.75, 3.05) is 16.3 Å². The highest BCUT2D eigenvalue weighted by atomic mass is 32.2. The number of aromatic hydroxyl groups is 2. The van der Waals surface area contributed by atoms with E-state index in [1.807, 2.05) is 20.8 Å². The molecule has 0 aliphatic carbocycles. The van der Waals surface area contributed by atoms with Crippen LogP contribution in [-0.2, 0) is 26.5 Å². The molecule has 1 aliphatic heterocycles. The average Bonchev–Trinajstić information content (AvgIpc) is 3.06. The maximum absolute atomic E-state index is 14.8. The summed E-state index contributed by atoms with van der Waals surface area (Å²) in [6, 6.07) is 13.4. The Morgan fingerprint density at radius 1 is 1.03 bits per heavy atom. The van der Waals surface area contributed by atoms with Gasteiger partial charge in [0.1, 0.15) is 11.4 Å². The fourth-order valence-corrected chi connectivity index (χ4v) is 7.52. The SMILES string of the molecule is CC(C)(C)CCn1c(O)c(C2=NP(=O)(c3ccccc3)c3cc(NS(C)(=O)=O)ccc3N2)c(O)c1C(C)(C)C. The molecule has 0 saturated carbocycles. The van der Waals surface area contributed by atoms with E-state index in [4.69, 9.17) is 0 Å². The molecule has 0 saturated heterocycles. The van der Waals surface area contributed by atoms with Crippen molar-refractivity contribution in [2.45, 2.75) is 59.9 Å². The molecule has 0 amide bonds. The van der Waals surface area contributed by atoms with Gasteiger partial charge >= 0.3 is 0 Å². The molecule has 210 valence electrons. The van der Waals surface area contributed by atoms with Gasteiger partial charge in [0.2, 0.25) is 15.9 Å². The van der Waals surface area contributed by atoms with Crippen molar-refractivity contribution in [3.63, 3.8) is 0 Å². The van der Waals surface area contributed by atoms with Crippen LogP contribution >= 0.6 is 7.29 Å². The van der Waals surface area contributed by atoms with E-state index in [0.29, 0.717) is 28.5 Å². The van der Waals surface area contributed by atoms with Gasteiger partial charge in [-0.3, -0.25) is 9.29 Å². The van der Waals surface area contributed by atoms with Gasteiger partial charge in [-0.15, -0.1) is 0 Å². The summed E-state index contributed by atoms with van der Waals surface area (Å²) in [6.07, 6.45) is 1.79. The van der Waals surface area contributed by atoms with E-state index in [9.17, 15) is 23.2 Å². The van der Waals surface area contributed by atoms with E-state index in [-0.39, 0.29) is 34.1 Å². The standard InChI is InChI=1S/C28H37N4O5PS/c1-27(2,3)15-16-32-24(28(4,5)6)23(33)22(26(32)34)25-29-20-14-13-18(31-39(7,36)37)17-21(20)38(35,30-25)19-11-9-8-10-12-19/h8-14,17,31,33-34H,15-16H2,1-7H3,(H,29,30,35). The molecule has 0 spiro atoms. The molecule has 1 atom stereocenters. The van der Waals surface area contributed by atoms with Gasteiger partial charge in [0, 0.05) is 23.0 Å². The number of fused-ring (bicyclic) bond motifs is 1. The highest BCUT2D eigenvalue weighted by Crippen LogP contribution is 2.52. The minimum absolute atomic E-state index is 0.0120. The molecule has 2 heterocycles. The Hall–Kier alpha value is -3.23. The zero-order valence-electron chi connectivity index (χ0n) is 23.4. The summed E-state index contributed by atoms with van der Waals surface area (Å²) >= 11 is 0. The van der Waals surface area contributed by atoms with Gasteiger partial charge in [0.15, 0.2) is 5.75 Å². The number of hydrogen-bond acceptors (Lipinski definition) is 6. The number of amidine groups is 1. The first-order chi connectivity index (χ1) is 17.9. The number of nitrogens with zero attached hydrogens (tertiary/aromatic N) is 2. The summed E-state index contributed by atoms with van der Waals surface area (Å²) in [5.74, 6) is -0.210. The molecule has 39 heavy (non-hydrogen) atoms. The number of rotatable bonds is 6. The van der Waals surface area contributed by atoms with Gasteiger partial charge in [-0.25, -0.2) is 8.42 Å². The lowest BCUT2D eigenvalue weighted by molar-refractivity contribution is 0.319. The predicted molar refractivity (Wildman–Crippen MR) is 159 cm³/mol. The fraction of sp³-hybridized carbons (Fsp3) is 0.393. The summed E-state index contributed by atoms with van der Waals surface area (Å²) in [6.45, 7) is 12.7. The van der Waals surface area contributed by atoms with Gasteiger partial charge in [-0.1, -0.05) is 59.7 Å². The van der Waals surface area contributed by atoms with Gasteiger partial charge in [-0.05, 0) is 42.2 Å². The molecule has 3 aromatic rings. The second-order valence-corrected chi connectivity index (χ2v) is 16.3. The first kappa shape index (κ1) is 28.8. The molecule has 1 aromatic heterocycles. The largest absolute Gasteiger partial charge is 0.505 e. The van der Waals surface area contributed by atoms with Crippen molar-refractivity contribution >= 4 is 45.1 Å². The molecule has 1 aliphatic rings. The monoisotopic (exact) mass is 572 g/mol. The third kappa shape index (κ3) is 5.87. The van der Waals surface area contributed by atoms with Crippen LogP contribution in [-0.4, -0.2) is 35.3 Å². The Morgan fingerprint density at radius 3 is 2.23 bits per heavy atom.